The lowest BCUT2D eigenvalue weighted by atomic mass is 10.1. The molecular formula is C8H14F3NOS. The highest BCUT2D eigenvalue weighted by Gasteiger charge is 2.28. The van der Waals surface area contributed by atoms with E-state index < -0.39 is 5.51 Å². The second-order valence-corrected chi connectivity index (χ2v) is 4.53. The Hall–Kier alpha value is 0.0600. The molecule has 0 atom stereocenters. The maximum Gasteiger partial charge on any atom is 0.441 e. The van der Waals surface area contributed by atoms with Crippen molar-refractivity contribution in [2.75, 3.05) is 25.4 Å². The highest BCUT2D eigenvalue weighted by atomic mass is 32.2. The lowest BCUT2D eigenvalue weighted by Gasteiger charge is -2.29. The summed E-state index contributed by atoms with van der Waals surface area (Å²) in [5, 5.41) is 9.17. The molecule has 14 heavy (non-hydrogen) atoms. The molecule has 1 aliphatic heterocycles. The van der Waals surface area contributed by atoms with Crippen LogP contribution < -0.4 is 0 Å². The summed E-state index contributed by atoms with van der Waals surface area (Å²) in [4.78, 5) is 1.96. The molecule has 0 aromatic rings. The zero-order chi connectivity index (χ0) is 10.6. The van der Waals surface area contributed by atoms with E-state index in [9.17, 15) is 13.2 Å². The summed E-state index contributed by atoms with van der Waals surface area (Å²) < 4.78 is 35.3. The lowest BCUT2D eigenvalue weighted by Crippen LogP contribution is -2.37. The highest BCUT2D eigenvalue weighted by molar-refractivity contribution is 8.00. The second-order valence-electron chi connectivity index (χ2n) is 3.37. The molecule has 0 unspecified atom stereocenters. The molecule has 0 amide bonds. The zero-order valence-corrected chi connectivity index (χ0v) is 8.57. The Balaban J connectivity index is 2.08. The molecule has 2 nitrogen and oxygen atoms in total. The summed E-state index contributed by atoms with van der Waals surface area (Å²) in [6.07, 6.45) is 1.09. The number of thioether (sulfide) groups is 1. The van der Waals surface area contributed by atoms with E-state index >= 15 is 0 Å². The first-order chi connectivity index (χ1) is 6.47. The van der Waals surface area contributed by atoms with Gasteiger partial charge < -0.3 is 10.0 Å². The summed E-state index contributed by atoms with van der Waals surface area (Å²) in [5.74, 6) is 0.0829. The molecule has 0 saturated carbocycles. The second kappa shape index (κ2) is 5.23. The van der Waals surface area contributed by atoms with Gasteiger partial charge in [0.15, 0.2) is 0 Å². The average Bonchev–Trinajstić information content (AvgIpc) is 2.06. The fourth-order valence-electron chi connectivity index (χ4n) is 1.43. The number of rotatable bonds is 3. The van der Waals surface area contributed by atoms with Crippen LogP contribution in [0.4, 0.5) is 13.2 Å². The van der Waals surface area contributed by atoms with Crippen molar-refractivity contribution in [3.8, 4) is 0 Å². The van der Waals surface area contributed by atoms with E-state index in [4.69, 9.17) is 5.11 Å². The Morgan fingerprint density at radius 2 is 1.86 bits per heavy atom. The van der Waals surface area contributed by atoms with Crippen LogP contribution in [0.25, 0.3) is 0 Å². The molecule has 1 fully saturated rings. The maximum absolute atomic E-state index is 11.8. The van der Waals surface area contributed by atoms with Gasteiger partial charge in [0, 0.05) is 25.4 Å². The molecule has 0 aliphatic carbocycles. The number of alkyl halides is 3. The molecule has 0 radical (unpaired) electrons. The van der Waals surface area contributed by atoms with Crippen molar-refractivity contribution in [1.29, 1.82) is 0 Å². The summed E-state index contributed by atoms with van der Waals surface area (Å²) in [7, 11) is 0. The van der Waals surface area contributed by atoms with Gasteiger partial charge in [0.25, 0.3) is 0 Å². The Morgan fingerprint density at radius 3 is 2.36 bits per heavy atom. The van der Waals surface area contributed by atoms with Crippen molar-refractivity contribution in [1.82, 2.24) is 4.90 Å². The van der Waals surface area contributed by atoms with Crippen LogP contribution in [-0.2, 0) is 0 Å². The van der Waals surface area contributed by atoms with E-state index in [1.165, 1.54) is 0 Å². The Morgan fingerprint density at radius 1 is 1.29 bits per heavy atom. The third-order valence-electron chi connectivity index (χ3n) is 2.23. The first kappa shape index (κ1) is 12.1. The maximum atomic E-state index is 11.8. The van der Waals surface area contributed by atoms with Crippen LogP contribution in [0.15, 0.2) is 0 Å². The van der Waals surface area contributed by atoms with Crippen LogP contribution in [0, 0.1) is 0 Å². The number of hydrogen-bond donors (Lipinski definition) is 1. The van der Waals surface area contributed by atoms with Crippen molar-refractivity contribution >= 4 is 11.8 Å². The first-order valence-electron chi connectivity index (χ1n) is 4.58. The van der Waals surface area contributed by atoms with Gasteiger partial charge in [-0.2, -0.15) is 13.2 Å². The summed E-state index contributed by atoms with van der Waals surface area (Å²) in [5.41, 5.74) is -4.12. The van der Waals surface area contributed by atoms with E-state index in [-0.39, 0.29) is 23.6 Å². The number of hydrogen-bond acceptors (Lipinski definition) is 3. The van der Waals surface area contributed by atoms with Crippen LogP contribution in [0.5, 0.6) is 0 Å². The summed E-state index contributed by atoms with van der Waals surface area (Å²) in [6.45, 7) is 1.87. The number of aliphatic hydroxyl groups is 1. The van der Waals surface area contributed by atoms with Gasteiger partial charge in [-0.15, -0.1) is 0 Å². The van der Waals surface area contributed by atoms with Crippen molar-refractivity contribution in [3.63, 3.8) is 0 Å². The van der Waals surface area contributed by atoms with Gasteiger partial charge in [0.05, 0.1) is 6.10 Å². The third kappa shape index (κ3) is 5.07. The number of halogens is 3. The number of nitrogens with zero attached hydrogens (tertiary/aromatic N) is 1. The van der Waals surface area contributed by atoms with Gasteiger partial charge in [0.1, 0.15) is 0 Å². The van der Waals surface area contributed by atoms with E-state index in [2.05, 4.69) is 0 Å². The van der Waals surface area contributed by atoms with Gasteiger partial charge in [0.2, 0.25) is 0 Å². The fourth-order valence-corrected chi connectivity index (χ4v) is 2.01. The molecule has 1 N–H and O–H groups in total. The standard InChI is InChI=1S/C8H14F3NOS/c9-8(10,11)14-6-5-12-3-1-7(13)2-4-12/h7,13H,1-6H2. The van der Waals surface area contributed by atoms with Crippen molar-refractivity contribution in [2.24, 2.45) is 0 Å². The van der Waals surface area contributed by atoms with Crippen LogP contribution in [0.2, 0.25) is 0 Å². The SMILES string of the molecule is OC1CCN(CCSC(F)(F)F)CC1. The van der Waals surface area contributed by atoms with Gasteiger partial charge in [-0.05, 0) is 24.6 Å². The molecule has 6 heteroatoms. The predicted molar refractivity (Wildman–Crippen MR) is 50.2 cm³/mol. The molecule has 1 rings (SSSR count). The van der Waals surface area contributed by atoms with Gasteiger partial charge >= 0.3 is 5.51 Å². The largest absolute Gasteiger partial charge is 0.441 e. The Labute approximate surface area is 85.5 Å². The topological polar surface area (TPSA) is 23.5 Å². The molecule has 0 bridgehead atoms. The van der Waals surface area contributed by atoms with Gasteiger partial charge in [-0.25, -0.2) is 0 Å². The monoisotopic (exact) mass is 229 g/mol. The van der Waals surface area contributed by atoms with Crippen LogP contribution in [0.3, 0.4) is 0 Å². The van der Waals surface area contributed by atoms with E-state index in [0.29, 0.717) is 32.5 Å². The number of aliphatic hydroxyl groups excluding tert-OH is 1. The average molecular weight is 229 g/mol. The molecule has 1 saturated heterocycles. The quantitative estimate of drug-likeness (QED) is 0.796. The number of piperidine rings is 1. The molecule has 0 spiro atoms. The van der Waals surface area contributed by atoms with E-state index in [0.717, 1.165) is 0 Å². The molecule has 1 aliphatic rings. The lowest BCUT2D eigenvalue weighted by molar-refractivity contribution is -0.0329. The minimum atomic E-state index is -4.12. The van der Waals surface area contributed by atoms with Gasteiger partial charge in [-0.1, -0.05) is 0 Å². The van der Waals surface area contributed by atoms with Gasteiger partial charge in [-0.3, -0.25) is 0 Å². The van der Waals surface area contributed by atoms with Crippen molar-refractivity contribution in [3.05, 3.63) is 0 Å². The van der Waals surface area contributed by atoms with Crippen molar-refractivity contribution in [2.45, 2.75) is 24.5 Å². The number of likely N-dealkylation sites (tertiary alicyclic amines) is 1. The molecule has 1 heterocycles. The Kier molecular flexibility index (Phi) is 4.53. The molecule has 84 valence electrons. The fraction of sp³-hybridized carbons (Fsp3) is 1.00. The Bertz CT molecular complexity index is 168. The summed E-state index contributed by atoms with van der Waals surface area (Å²) in [6, 6.07) is 0. The smallest absolute Gasteiger partial charge is 0.393 e. The first-order valence-corrected chi connectivity index (χ1v) is 5.57. The highest BCUT2D eigenvalue weighted by Crippen LogP contribution is 2.29. The predicted octanol–water partition coefficient (Wildman–Crippen LogP) is 1.70. The minimum Gasteiger partial charge on any atom is -0.393 e. The van der Waals surface area contributed by atoms with Crippen molar-refractivity contribution < 1.29 is 18.3 Å². The van der Waals surface area contributed by atoms with E-state index in [1.807, 2.05) is 4.90 Å². The van der Waals surface area contributed by atoms with Crippen LogP contribution in [0.1, 0.15) is 12.8 Å². The third-order valence-corrected chi connectivity index (χ3v) is 2.94. The van der Waals surface area contributed by atoms with Crippen LogP contribution >= 0.6 is 11.8 Å². The zero-order valence-electron chi connectivity index (χ0n) is 7.76. The normalized spacial score (nSPS) is 21.4. The summed E-state index contributed by atoms with van der Waals surface area (Å²) >= 11 is 0.0238. The molecule has 0 aromatic carbocycles. The minimum absolute atomic E-state index is 0.0238. The van der Waals surface area contributed by atoms with E-state index in [1.54, 1.807) is 0 Å². The molecular weight excluding hydrogens is 215 g/mol. The van der Waals surface area contributed by atoms with Crippen LogP contribution in [-0.4, -0.2) is 47.0 Å². The molecule has 0 aromatic heterocycles.